The van der Waals surface area contributed by atoms with Gasteiger partial charge in [0.05, 0.1) is 11.0 Å². The third-order valence-corrected chi connectivity index (χ3v) is 18.6. The van der Waals surface area contributed by atoms with Crippen LogP contribution in [0.1, 0.15) is 7.43 Å². The Bertz CT molecular complexity index is 5990. The van der Waals surface area contributed by atoms with Crippen LogP contribution < -0.4 is 0 Å². The molecule has 0 amide bonds. The van der Waals surface area contributed by atoms with Crippen molar-refractivity contribution < 1.29 is 0 Å². The number of nitrogens with zero attached hydrogens (tertiary/aromatic N) is 7. The first kappa shape index (κ1) is 57.4. The molecule has 4 heterocycles. The fraction of sp³-hybridized carbons (Fsp3) is 0.0115. The van der Waals surface area contributed by atoms with Crippen molar-refractivity contribution in [3.8, 4) is 118 Å². The highest BCUT2D eigenvalue weighted by Crippen LogP contribution is 2.51. The van der Waals surface area contributed by atoms with Crippen molar-refractivity contribution >= 4 is 76.8 Å². The zero-order chi connectivity index (χ0) is 62.9. The average molecular weight is 1250 g/mol. The molecule has 0 saturated heterocycles. The number of aromatic amines is 1. The molecule has 20 rings (SSSR count). The molecule has 96 heavy (non-hydrogen) atoms. The average Bonchev–Trinajstić information content (AvgIpc) is 1.55. The maximum Gasteiger partial charge on any atom is 0.238 e. The zero-order valence-electron chi connectivity index (χ0n) is 51.0. The van der Waals surface area contributed by atoms with Gasteiger partial charge in [0.2, 0.25) is 11.2 Å². The summed E-state index contributed by atoms with van der Waals surface area (Å²) in [5, 5.41) is 10.5. The lowest BCUT2D eigenvalue weighted by Gasteiger charge is -2.14. The third-order valence-electron chi connectivity index (χ3n) is 18.4. The second-order valence-corrected chi connectivity index (χ2v) is 24.2. The van der Waals surface area contributed by atoms with Crippen LogP contribution in [0.15, 0.2) is 315 Å². The third kappa shape index (κ3) is 9.86. The number of fused-ring (bicyclic) bond motifs is 6. The number of aromatic nitrogens is 8. The van der Waals surface area contributed by atoms with E-state index in [1.54, 1.807) is 0 Å². The van der Waals surface area contributed by atoms with Gasteiger partial charge in [0.15, 0.2) is 23.3 Å². The van der Waals surface area contributed by atoms with E-state index >= 15 is 0 Å². The number of rotatable bonds is 7. The molecule has 18 aromatic rings. The van der Waals surface area contributed by atoms with Crippen LogP contribution in [0.5, 0.6) is 0 Å². The predicted molar refractivity (Wildman–Crippen MR) is 398 cm³/mol. The molecule has 1 N–H and O–H groups in total. The Labute approximate surface area is 559 Å². The standard InChI is InChI=1S/C43H26N4.C22H13N.C21H14ClN3.CH4/c1-3-11-27(12-4-1)28-21-23-31(24-22-28)42-44-41(30-13-5-2-6-14-30)45-43(46-42)47-36-20-10-19-35-33-17-8-7-16-32(33)34-18-9-15-29-25-26-37(47)40(38(29)34)39(35)36;1-2-7-15-14(6-1)16-8-3-5-13-11-12-19-22(20(13)16)21-17(15)9-4-10-18(21)23-19;22-21-24-19(17-9-5-2-6-10-17)23-20(25-21)18-13-11-16(12-14-18)15-7-3-1-4-8-15;/h1-26H;1-12,23H;1-14H;1H4. The number of H-pyrrole nitrogens is 1. The van der Waals surface area contributed by atoms with Crippen LogP contribution >= 0.6 is 11.6 Å². The van der Waals surface area contributed by atoms with Crippen LogP contribution in [0, 0.1) is 0 Å². The maximum atomic E-state index is 6.11. The fourth-order valence-electron chi connectivity index (χ4n) is 14.1. The van der Waals surface area contributed by atoms with Gasteiger partial charge in [0.1, 0.15) is 0 Å². The molecule has 0 bridgehead atoms. The molecule has 0 radical (unpaired) electrons. The molecule has 0 spiro atoms. The summed E-state index contributed by atoms with van der Waals surface area (Å²) in [7, 11) is 0. The Morgan fingerprint density at radius 2 is 0.562 bits per heavy atom. The van der Waals surface area contributed by atoms with Gasteiger partial charge in [-0.3, -0.25) is 4.57 Å². The van der Waals surface area contributed by atoms with E-state index in [1.165, 1.54) is 110 Å². The van der Waals surface area contributed by atoms with Gasteiger partial charge in [-0.25, -0.2) is 9.97 Å². The lowest BCUT2D eigenvalue weighted by Crippen LogP contribution is -2.06. The van der Waals surface area contributed by atoms with Gasteiger partial charge in [-0.05, 0) is 124 Å². The van der Waals surface area contributed by atoms with Crippen LogP contribution in [0.25, 0.3) is 183 Å². The molecular weight excluding hydrogens is 1190 g/mol. The van der Waals surface area contributed by atoms with E-state index < -0.39 is 0 Å². The van der Waals surface area contributed by atoms with Gasteiger partial charge >= 0.3 is 0 Å². The Kier molecular flexibility index (Phi) is 14.3. The van der Waals surface area contributed by atoms with Gasteiger partial charge in [-0.1, -0.05) is 299 Å². The van der Waals surface area contributed by atoms with Gasteiger partial charge < -0.3 is 4.98 Å². The molecule has 452 valence electrons. The van der Waals surface area contributed by atoms with E-state index in [1.807, 2.05) is 84.9 Å². The SMILES string of the molecule is C.Clc1nc(-c2ccccc2)nc(-c2ccc(-c3ccccc3)cc2)n1.c1ccc(-c2ccc(-c3nc(-c4ccccc4)nc(-n4c5cccc6c5c5c7c(cccc7ccc54)-c4ccccc4-6)n3)cc2)cc1.c1ccc2c(c1)-c1cccc3ccc4[nH]c5cccc-2c5c4c13. The first-order valence-corrected chi connectivity index (χ1v) is 32.2. The quantitative estimate of drug-likeness (QED) is 0.171. The zero-order valence-corrected chi connectivity index (χ0v) is 51.8. The molecular formula is C87H57ClN8. The summed E-state index contributed by atoms with van der Waals surface area (Å²) in [5.41, 5.74) is 23.2. The molecule has 2 aliphatic rings. The van der Waals surface area contributed by atoms with Gasteiger partial charge in [0.25, 0.3) is 0 Å². The van der Waals surface area contributed by atoms with Gasteiger partial charge in [-0.15, -0.1) is 0 Å². The topological polar surface area (TPSA) is 98.1 Å². The lowest BCUT2D eigenvalue weighted by molar-refractivity contribution is 0.953. The van der Waals surface area contributed by atoms with E-state index in [0.717, 1.165) is 44.4 Å². The van der Waals surface area contributed by atoms with E-state index in [9.17, 15) is 0 Å². The Morgan fingerprint density at radius 3 is 1.05 bits per heavy atom. The largest absolute Gasteiger partial charge is 0.354 e. The number of hydrogen-bond acceptors (Lipinski definition) is 6. The monoisotopic (exact) mass is 1250 g/mol. The Balaban J connectivity index is 0.000000120. The predicted octanol–water partition coefficient (Wildman–Crippen LogP) is 23.1. The van der Waals surface area contributed by atoms with E-state index in [-0.39, 0.29) is 12.7 Å². The van der Waals surface area contributed by atoms with Crippen LogP contribution in [-0.4, -0.2) is 39.5 Å². The van der Waals surface area contributed by atoms with Crippen molar-refractivity contribution in [3.63, 3.8) is 0 Å². The van der Waals surface area contributed by atoms with Crippen LogP contribution in [0.3, 0.4) is 0 Å². The smallest absolute Gasteiger partial charge is 0.238 e. The fourth-order valence-corrected chi connectivity index (χ4v) is 14.3. The molecule has 0 saturated carbocycles. The van der Waals surface area contributed by atoms with Crippen molar-refractivity contribution in [1.29, 1.82) is 0 Å². The minimum atomic E-state index is 0. The number of nitrogens with one attached hydrogen (secondary N) is 1. The number of halogens is 1. The minimum absolute atomic E-state index is 0. The molecule has 8 nitrogen and oxygen atoms in total. The summed E-state index contributed by atoms with van der Waals surface area (Å²) in [6, 6.07) is 110. The Morgan fingerprint density at radius 1 is 0.229 bits per heavy atom. The highest BCUT2D eigenvalue weighted by molar-refractivity contribution is 6.31. The van der Waals surface area contributed by atoms with Crippen molar-refractivity contribution in [2.24, 2.45) is 0 Å². The van der Waals surface area contributed by atoms with Gasteiger partial charge in [0, 0.05) is 54.8 Å². The second-order valence-electron chi connectivity index (χ2n) is 23.9. The lowest BCUT2D eigenvalue weighted by atomic mass is 9.93. The normalized spacial score (nSPS) is 11.5. The number of hydrogen-bond donors (Lipinski definition) is 1. The molecule has 0 atom stereocenters. The van der Waals surface area contributed by atoms with Gasteiger partial charge in [-0.2, -0.15) is 19.9 Å². The van der Waals surface area contributed by atoms with Crippen LogP contribution in [0.2, 0.25) is 5.28 Å². The Hall–Kier alpha value is -12.5. The highest BCUT2D eigenvalue weighted by Gasteiger charge is 2.27. The van der Waals surface area contributed by atoms with Crippen molar-refractivity contribution in [2.45, 2.75) is 7.43 Å². The first-order chi connectivity index (χ1) is 47.0. The second kappa shape index (κ2) is 23.9. The summed E-state index contributed by atoms with van der Waals surface area (Å²) in [6.45, 7) is 0. The minimum Gasteiger partial charge on any atom is -0.354 e. The maximum absolute atomic E-state index is 6.11. The summed E-state index contributed by atoms with van der Waals surface area (Å²) in [6.07, 6.45) is 0. The van der Waals surface area contributed by atoms with Crippen molar-refractivity contribution in [3.05, 3.63) is 321 Å². The first-order valence-electron chi connectivity index (χ1n) is 31.8. The molecule has 4 aromatic heterocycles. The molecule has 9 heteroatoms. The molecule has 0 unspecified atom stereocenters. The van der Waals surface area contributed by atoms with Crippen LogP contribution in [0.4, 0.5) is 0 Å². The van der Waals surface area contributed by atoms with E-state index in [4.69, 9.17) is 26.6 Å². The highest BCUT2D eigenvalue weighted by atomic mass is 35.5. The molecule has 2 aliphatic carbocycles. The van der Waals surface area contributed by atoms with Crippen LogP contribution in [-0.2, 0) is 0 Å². The summed E-state index contributed by atoms with van der Waals surface area (Å²) >= 11 is 6.11. The molecule has 0 fully saturated rings. The van der Waals surface area contributed by atoms with Crippen molar-refractivity contribution in [1.82, 2.24) is 39.5 Å². The summed E-state index contributed by atoms with van der Waals surface area (Å²) < 4.78 is 2.23. The summed E-state index contributed by atoms with van der Waals surface area (Å²) in [4.78, 5) is 32.1. The van der Waals surface area contributed by atoms with Crippen molar-refractivity contribution in [2.75, 3.05) is 0 Å². The molecule has 0 aliphatic heterocycles. The molecule has 14 aromatic carbocycles. The van der Waals surface area contributed by atoms with E-state index in [0.29, 0.717) is 29.2 Å². The van der Waals surface area contributed by atoms with E-state index in [2.05, 4.69) is 255 Å². The summed E-state index contributed by atoms with van der Waals surface area (Å²) in [5.74, 6) is 3.02. The number of benzene rings is 14.